The Kier molecular flexibility index (Phi) is 3.66. The molecular formula is C12H19F2NO2. The maximum atomic E-state index is 11.9. The summed E-state index contributed by atoms with van der Waals surface area (Å²) >= 11 is 0. The normalized spacial score (nSPS) is 28.7. The van der Waals surface area contributed by atoms with Gasteiger partial charge in [0.1, 0.15) is 0 Å². The summed E-state index contributed by atoms with van der Waals surface area (Å²) in [5.74, 6) is 1.40. The molecule has 1 aliphatic carbocycles. The van der Waals surface area contributed by atoms with Crippen LogP contribution >= 0.6 is 0 Å². The van der Waals surface area contributed by atoms with Crippen LogP contribution in [0.5, 0.6) is 0 Å². The fourth-order valence-corrected chi connectivity index (χ4v) is 2.50. The van der Waals surface area contributed by atoms with Gasteiger partial charge in [0.15, 0.2) is 0 Å². The SMILES string of the molecule is CC(C)C[C@@H]1C[C@H]1C(=O)N1CC(OC(F)F)C1. The van der Waals surface area contributed by atoms with Crippen LogP contribution in [0.25, 0.3) is 0 Å². The summed E-state index contributed by atoms with van der Waals surface area (Å²) in [6.45, 7) is 2.22. The van der Waals surface area contributed by atoms with Crippen molar-refractivity contribution in [1.29, 1.82) is 0 Å². The van der Waals surface area contributed by atoms with Crippen LogP contribution in [0.4, 0.5) is 8.78 Å². The summed E-state index contributed by atoms with van der Waals surface area (Å²) in [6, 6.07) is 0. The number of alkyl halides is 2. The van der Waals surface area contributed by atoms with Crippen LogP contribution in [0, 0.1) is 17.8 Å². The number of ether oxygens (including phenoxy) is 1. The van der Waals surface area contributed by atoms with Crippen molar-refractivity contribution < 1.29 is 18.3 Å². The van der Waals surface area contributed by atoms with Crippen molar-refractivity contribution in [3.63, 3.8) is 0 Å². The quantitative estimate of drug-likeness (QED) is 0.744. The monoisotopic (exact) mass is 247 g/mol. The number of likely N-dealkylation sites (tertiary alicyclic amines) is 1. The van der Waals surface area contributed by atoms with Gasteiger partial charge in [-0.2, -0.15) is 8.78 Å². The van der Waals surface area contributed by atoms with Crippen molar-refractivity contribution in [2.24, 2.45) is 17.8 Å². The highest BCUT2D eigenvalue weighted by molar-refractivity contribution is 5.82. The van der Waals surface area contributed by atoms with Crippen LogP contribution in [0.1, 0.15) is 26.7 Å². The summed E-state index contributed by atoms with van der Waals surface area (Å²) in [5.41, 5.74) is 0. The van der Waals surface area contributed by atoms with E-state index in [4.69, 9.17) is 0 Å². The van der Waals surface area contributed by atoms with E-state index in [1.54, 1.807) is 4.90 Å². The molecule has 2 aliphatic rings. The van der Waals surface area contributed by atoms with E-state index in [2.05, 4.69) is 18.6 Å². The second-order valence-corrected chi connectivity index (χ2v) is 5.49. The van der Waals surface area contributed by atoms with Crippen LogP contribution in [0.15, 0.2) is 0 Å². The Balaban J connectivity index is 1.67. The van der Waals surface area contributed by atoms with Crippen molar-refractivity contribution >= 4 is 5.91 Å². The highest BCUT2D eigenvalue weighted by Crippen LogP contribution is 2.44. The number of rotatable bonds is 5. The molecule has 0 unspecified atom stereocenters. The predicted molar refractivity (Wildman–Crippen MR) is 58.5 cm³/mol. The maximum absolute atomic E-state index is 11.9. The molecule has 3 nitrogen and oxygen atoms in total. The van der Waals surface area contributed by atoms with Crippen molar-refractivity contribution in [3.8, 4) is 0 Å². The molecule has 1 amide bonds. The van der Waals surface area contributed by atoms with E-state index in [0.717, 1.165) is 12.8 Å². The lowest BCUT2D eigenvalue weighted by Crippen LogP contribution is -2.55. The fraction of sp³-hybridized carbons (Fsp3) is 0.917. The lowest BCUT2D eigenvalue weighted by molar-refractivity contribution is -0.199. The van der Waals surface area contributed by atoms with Gasteiger partial charge in [0.2, 0.25) is 5.91 Å². The zero-order valence-electron chi connectivity index (χ0n) is 10.2. The topological polar surface area (TPSA) is 29.5 Å². The zero-order valence-corrected chi connectivity index (χ0v) is 10.2. The average molecular weight is 247 g/mol. The van der Waals surface area contributed by atoms with Crippen molar-refractivity contribution in [3.05, 3.63) is 0 Å². The molecule has 2 fully saturated rings. The van der Waals surface area contributed by atoms with Gasteiger partial charge in [-0.3, -0.25) is 4.79 Å². The number of hydrogen-bond donors (Lipinski definition) is 0. The van der Waals surface area contributed by atoms with Gasteiger partial charge in [0, 0.05) is 19.0 Å². The van der Waals surface area contributed by atoms with Crippen LogP contribution in [0.3, 0.4) is 0 Å². The maximum Gasteiger partial charge on any atom is 0.345 e. The van der Waals surface area contributed by atoms with Crippen molar-refractivity contribution in [2.45, 2.75) is 39.4 Å². The standard InChI is InChI=1S/C12H19F2NO2/c1-7(2)3-8-4-10(8)11(16)15-5-9(6-15)17-12(13)14/h7-10,12H,3-6H2,1-2H3/t8-,10-/m1/s1. The van der Waals surface area contributed by atoms with E-state index in [9.17, 15) is 13.6 Å². The summed E-state index contributed by atoms with van der Waals surface area (Å²) in [6.07, 6.45) is 1.58. The van der Waals surface area contributed by atoms with Gasteiger partial charge >= 0.3 is 6.61 Å². The first-order valence-corrected chi connectivity index (χ1v) is 6.19. The van der Waals surface area contributed by atoms with Gasteiger partial charge in [0.05, 0.1) is 6.10 Å². The molecule has 1 aliphatic heterocycles. The van der Waals surface area contributed by atoms with E-state index < -0.39 is 12.7 Å². The molecule has 0 bridgehead atoms. The molecule has 1 saturated carbocycles. The first-order valence-electron chi connectivity index (χ1n) is 6.19. The first kappa shape index (κ1) is 12.7. The molecule has 0 spiro atoms. The van der Waals surface area contributed by atoms with E-state index in [0.29, 0.717) is 24.9 Å². The van der Waals surface area contributed by atoms with Crippen molar-refractivity contribution in [1.82, 2.24) is 4.90 Å². The third-order valence-corrected chi connectivity index (χ3v) is 3.47. The van der Waals surface area contributed by atoms with Gasteiger partial charge in [-0.1, -0.05) is 13.8 Å². The minimum absolute atomic E-state index is 0.129. The third-order valence-electron chi connectivity index (χ3n) is 3.47. The Morgan fingerprint density at radius 3 is 2.59 bits per heavy atom. The van der Waals surface area contributed by atoms with Crippen LogP contribution in [0.2, 0.25) is 0 Å². The van der Waals surface area contributed by atoms with Crippen molar-refractivity contribution in [2.75, 3.05) is 13.1 Å². The van der Waals surface area contributed by atoms with Gasteiger partial charge in [-0.25, -0.2) is 0 Å². The largest absolute Gasteiger partial charge is 0.345 e. The number of carbonyl (C=O) groups excluding carboxylic acids is 1. The molecule has 5 heteroatoms. The lowest BCUT2D eigenvalue weighted by atomic mass is 10.0. The highest BCUT2D eigenvalue weighted by Gasteiger charge is 2.47. The highest BCUT2D eigenvalue weighted by atomic mass is 19.3. The van der Waals surface area contributed by atoms with E-state index >= 15 is 0 Å². The molecule has 2 atom stereocenters. The number of amides is 1. The van der Waals surface area contributed by atoms with Crippen LogP contribution in [-0.2, 0) is 9.53 Å². The number of nitrogens with zero attached hydrogens (tertiary/aromatic N) is 1. The van der Waals surface area contributed by atoms with E-state index in [-0.39, 0.29) is 11.8 Å². The van der Waals surface area contributed by atoms with Crippen LogP contribution in [-0.4, -0.2) is 36.6 Å². The summed E-state index contributed by atoms with van der Waals surface area (Å²) in [7, 11) is 0. The second-order valence-electron chi connectivity index (χ2n) is 5.49. The molecule has 2 rings (SSSR count). The molecule has 0 aromatic carbocycles. The van der Waals surface area contributed by atoms with Gasteiger partial charge in [-0.05, 0) is 24.7 Å². The minimum Gasteiger partial charge on any atom is -0.337 e. The molecule has 0 aromatic rings. The molecule has 0 aromatic heterocycles. The summed E-state index contributed by atoms with van der Waals surface area (Å²) < 4.78 is 28.1. The molecule has 1 heterocycles. The fourth-order valence-electron chi connectivity index (χ4n) is 2.50. The number of hydrogen-bond acceptors (Lipinski definition) is 2. The van der Waals surface area contributed by atoms with Gasteiger partial charge in [0.25, 0.3) is 0 Å². The number of carbonyl (C=O) groups is 1. The van der Waals surface area contributed by atoms with Crippen LogP contribution < -0.4 is 0 Å². The van der Waals surface area contributed by atoms with E-state index in [1.165, 1.54) is 0 Å². The second kappa shape index (κ2) is 4.88. The molecule has 0 N–H and O–H groups in total. The predicted octanol–water partition coefficient (Wildman–Crippen LogP) is 2.12. The molecule has 0 radical (unpaired) electrons. The molecule has 98 valence electrons. The Hall–Kier alpha value is -0.710. The minimum atomic E-state index is -2.73. The molecule has 1 saturated heterocycles. The van der Waals surface area contributed by atoms with E-state index in [1.807, 2.05) is 0 Å². The Bertz CT molecular complexity index is 290. The van der Waals surface area contributed by atoms with Gasteiger partial charge < -0.3 is 9.64 Å². The Morgan fingerprint density at radius 1 is 1.41 bits per heavy atom. The lowest BCUT2D eigenvalue weighted by Gasteiger charge is -2.38. The Morgan fingerprint density at radius 2 is 2.06 bits per heavy atom. The summed E-state index contributed by atoms with van der Waals surface area (Å²) in [4.78, 5) is 13.5. The molecular weight excluding hydrogens is 228 g/mol. The van der Waals surface area contributed by atoms with Gasteiger partial charge in [-0.15, -0.1) is 0 Å². The zero-order chi connectivity index (χ0) is 12.6. The smallest absolute Gasteiger partial charge is 0.337 e. The average Bonchev–Trinajstić information content (AvgIpc) is 2.87. The molecule has 17 heavy (non-hydrogen) atoms. The number of halogens is 2. The summed E-state index contributed by atoms with van der Waals surface area (Å²) in [5, 5.41) is 0. The third kappa shape index (κ3) is 3.15. The first-order chi connectivity index (χ1) is 7.97. The Labute approximate surface area is 100 Å².